The second-order valence-corrected chi connectivity index (χ2v) is 5.15. The van der Waals surface area contributed by atoms with Gasteiger partial charge in [-0.25, -0.2) is 0 Å². The highest BCUT2D eigenvalue weighted by Crippen LogP contribution is 2.29. The van der Waals surface area contributed by atoms with E-state index < -0.39 is 21.9 Å². The molecule has 2 rings (SSSR count). The van der Waals surface area contributed by atoms with Crippen molar-refractivity contribution in [3.05, 3.63) is 62.7 Å². The molecule has 0 bridgehead atoms. The Hall–Kier alpha value is -3.69. The van der Waals surface area contributed by atoms with Crippen molar-refractivity contribution in [2.75, 3.05) is 12.4 Å². The fourth-order valence-electron chi connectivity index (χ4n) is 2.06. The molecule has 1 atom stereocenters. The number of carbonyl (C=O) groups excluding carboxylic acids is 1. The van der Waals surface area contributed by atoms with Crippen molar-refractivity contribution in [1.82, 2.24) is 0 Å². The van der Waals surface area contributed by atoms with Gasteiger partial charge in [0.25, 0.3) is 17.3 Å². The molecule has 0 saturated heterocycles. The van der Waals surface area contributed by atoms with Gasteiger partial charge >= 0.3 is 0 Å². The zero-order valence-corrected chi connectivity index (χ0v) is 13.9. The summed E-state index contributed by atoms with van der Waals surface area (Å²) in [5.74, 6) is -0.267. The average Bonchev–Trinajstić information content (AvgIpc) is 2.61. The lowest BCUT2D eigenvalue weighted by Crippen LogP contribution is -2.30. The molecule has 1 N–H and O–H groups in total. The van der Waals surface area contributed by atoms with Crippen LogP contribution in [-0.4, -0.2) is 29.0 Å². The molecule has 136 valence electrons. The lowest BCUT2D eigenvalue weighted by atomic mass is 10.2. The Bertz CT molecular complexity index is 853. The molecule has 0 aromatic heterocycles. The lowest BCUT2D eigenvalue weighted by Gasteiger charge is -2.16. The molecule has 2 aromatic rings. The van der Waals surface area contributed by atoms with Crippen molar-refractivity contribution in [2.24, 2.45) is 0 Å². The number of methoxy groups -OCH3 is 1. The van der Waals surface area contributed by atoms with Crippen molar-refractivity contribution in [3.8, 4) is 11.5 Å². The van der Waals surface area contributed by atoms with Gasteiger partial charge in [-0.15, -0.1) is 0 Å². The summed E-state index contributed by atoms with van der Waals surface area (Å²) >= 11 is 0. The molecule has 10 heteroatoms. The molecule has 26 heavy (non-hydrogen) atoms. The maximum atomic E-state index is 12.3. The summed E-state index contributed by atoms with van der Waals surface area (Å²) in [5.41, 5.74) is -0.106. The first kappa shape index (κ1) is 18.6. The second-order valence-electron chi connectivity index (χ2n) is 5.15. The zero-order chi connectivity index (χ0) is 19.3. The third kappa shape index (κ3) is 4.44. The van der Waals surface area contributed by atoms with Gasteiger partial charge in [0.15, 0.2) is 6.10 Å². The van der Waals surface area contributed by atoms with E-state index in [-0.39, 0.29) is 28.6 Å². The minimum atomic E-state index is -0.975. The Labute approximate surface area is 147 Å². The summed E-state index contributed by atoms with van der Waals surface area (Å²) in [6.45, 7) is 1.46. The summed E-state index contributed by atoms with van der Waals surface area (Å²) < 4.78 is 10.5. The second kappa shape index (κ2) is 7.92. The number of nitro benzene ring substituents is 2. The van der Waals surface area contributed by atoms with Gasteiger partial charge in [0.2, 0.25) is 0 Å². The maximum absolute atomic E-state index is 12.3. The summed E-state index contributed by atoms with van der Waals surface area (Å²) in [5, 5.41) is 24.1. The van der Waals surface area contributed by atoms with E-state index in [2.05, 4.69) is 5.32 Å². The van der Waals surface area contributed by atoms with Gasteiger partial charge in [-0.2, -0.15) is 0 Å². The van der Waals surface area contributed by atoms with Crippen LogP contribution in [0.3, 0.4) is 0 Å². The molecule has 1 amide bonds. The molecule has 2 aromatic carbocycles. The van der Waals surface area contributed by atoms with Crippen LogP contribution in [0.5, 0.6) is 11.5 Å². The fraction of sp³-hybridized carbons (Fsp3) is 0.188. The molecule has 0 radical (unpaired) electrons. The molecule has 0 spiro atoms. The Morgan fingerprint density at radius 2 is 1.73 bits per heavy atom. The van der Waals surface area contributed by atoms with E-state index >= 15 is 0 Å². The molecular formula is C16H15N3O7. The summed E-state index contributed by atoms with van der Waals surface area (Å²) in [7, 11) is 1.32. The van der Waals surface area contributed by atoms with Crippen molar-refractivity contribution in [2.45, 2.75) is 13.0 Å². The van der Waals surface area contributed by atoms with Gasteiger partial charge in [0, 0.05) is 12.1 Å². The SMILES string of the molecule is COc1cc([N+](=O)[O-])ccc1NC(=O)[C@H](C)Oc1cccc([N+](=O)[O-])c1. The van der Waals surface area contributed by atoms with Crippen molar-refractivity contribution in [3.63, 3.8) is 0 Å². The van der Waals surface area contributed by atoms with Gasteiger partial charge in [-0.05, 0) is 19.1 Å². The number of amides is 1. The lowest BCUT2D eigenvalue weighted by molar-refractivity contribution is -0.385. The number of nitrogens with one attached hydrogen (secondary N) is 1. The predicted octanol–water partition coefficient (Wildman–Crippen LogP) is 2.92. The maximum Gasteiger partial charge on any atom is 0.273 e. The zero-order valence-electron chi connectivity index (χ0n) is 13.9. The highest BCUT2D eigenvalue weighted by molar-refractivity contribution is 5.95. The first-order valence-electron chi connectivity index (χ1n) is 7.36. The number of benzene rings is 2. The van der Waals surface area contributed by atoms with Crippen LogP contribution in [0.1, 0.15) is 6.92 Å². The number of hydrogen-bond acceptors (Lipinski definition) is 7. The number of non-ortho nitro benzene ring substituents is 2. The predicted molar refractivity (Wildman–Crippen MR) is 91.5 cm³/mol. The summed E-state index contributed by atoms with van der Waals surface area (Å²) in [6, 6.07) is 9.19. The smallest absolute Gasteiger partial charge is 0.273 e. The topological polar surface area (TPSA) is 134 Å². The van der Waals surface area contributed by atoms with E-state index in [0.29, 0.717) is 0 Å². The first-order chi connectivity index (χ1) is 12.3. The van der Waals surface area contributed by atoms with E-state index in [1.165, 1.54) is 56.5 Å². The Kier molecular flexibility index (Phi) is 5.68. The molecule has 0 saturated carbocycles. The van der Waals surface area contributed by atoms with Crippen molar-refractivity contribution < 1.29 is 24.1 Å². The monoisotopic (exact) mass is 361 g/mol. The molecule has 0 aliphatic carbocycles. The van der Waals surface area contributed by atoms with Gasteiger partial charge < -0.3 is 14.8 Å². The Morgan fingerprint density at radius 3 is 2.35 bits per heavy atom. The number of anilines is 1. The third-order valence-electron chi connectivity index (χ3n) is 3.36. The molecule has 0 heterocycles. The van der Waals surface area contributed by atoms with E-state index in [0.717, 1.165) is 0 Å². The summed E-state index contributed by atoms with van der Waals surface area (Å²) in [6.07, 6.45) is -0.975. The number of carbonyl (C=O) groups is 1. The quantitative estimate of drug-likeness (QED) is 0.592. The van der Waals surface area contributed by atoms with Gasteiger partial charge in [0.05, 0.1) is 34.8 Å². The van der Waals surface area contributed by atoms with E-state index in [4.69, 9.17) is 9.47 Å². The number of nitrogens with zero attached hydrogens (tertiary/aromatic N) is 2. The van der Waals surface area contributed by atoms with Crippen molar-refractivity contribution in [1.29, 1.82) is 0 Å². The Morgan fingerprint density at radius 1 is 1.08 bits per heavy atom. The average molecular weight is 361 g/mol. The van der Waals surface area contributed by atoms with Crippen LogP contribution < -0.4 is 14.8 Å². The standard InChI is InChI=1S/C16H15N3O7/c1-10(26-13-5-3-4-11(8-13)18(21)22)16(20)17-14-7-6-12(19(23)24)9-15(14)25-2/h3-10H,1-2H3,(H,17,20)/t10-/m0/s1. The van der Waals surface area contributed by atoms with Crippen LogP contribution in [0.2, 0.25) is 0 Å². The van der Waals surface area contributed by atoms with E-state index in [1.54, 1.807) is 0 Å². The van der Waals surface area contributed by atoms with Crippen LogP contribution >= 0.6 is 0 Å². The van der Waals surface area contributed by atoms with Gasteiger partial charge in [-0.1, -0.05) is 6.07 Å². The molecule has 0 unspecified atom stereocenters. The fourth-order valence-corrected chi connectivity index (χ4v) is 2.06. The van der Waals surface area contributed by atoms with Gasteiger partial charge in [0.1, 0.15) is 11.5 Å². The minimum Gasteiger partial charge on any atom is -0.494 e. The Balaban J connectivity index is 2.11. The number of hydrogen-bond donors (Lipinski definition) is 1. The molecular weight excluding hydrogens is 346 g/mol. The number of nitro groups is 2. The minimum absolute atomic E-state index is 0.120. The van der Waals surface area contributed by atoms with Crippen molar-refractivity contribution >= 4 is 23.0 Å². The van der Waals surface area contributed by atoms with Crippen LogP contribution in [-0.2, 0) is 4.79 Å². The number of rotatable bonds is 7. The van der Waals surface area contributed by atoms with Crippen LogP contribution in [0.4, 0.5) is 17.1 Å². The summed E-state index contributed by atoms with van der Waals surface area (Å²) in [4.78, 5) is 32.7. The van der Waals surface area contributed by atoms with Crippen LogP contribution in [0, 0.1) is 20.2 Å². The van der Waals surface area contributed by atoms with E-state index in [1.807, 2.05) is 0 Å². The molecule has 0 aliphatic heterocycles. The van der Waals surface area contributed by atoms with Gasteiger partial charge in [-0.3, -0.25) is 25.0 Å². The van der Waals surface area contributed by atoms with Crippen LogP contribution in [0.25, 0.3) is 0 Å². The molecule has 0 aliphatic rings. The largest absolute Gasteiger partial charge is 0.494 e. The number of ether oxygens (including phenoxy) is 2. The van der Waals surface area contributed by atoms with Crippen LogP contribution in [0.15, 0.2) is 42.5 Å². The highest BCUT2D eigenvalue weighted by Gasteiger charge is 2.19. The normalized spacial score (nSPS) is 11.3. The van der Waals surface area contributed by atoms with E-state index in [9.17, 15) is 25.0 Å². The molecule has 10 nitrogen and oxygen atoms in total. The highest BCUT2D eigenvalue weighted by atomic mass is 16.6. The molecule has 0 fully saturated rings. The third-order valence-corrected chi connectivity index (χ3v) is 3.36. The first-order valence-corrected chi connectivity index (χ1v) is 7.36.